The van der Waals surface area contributed by atoms with Crippen LogP contribution >= 0.6 is 0 Å². The fourth-order valence-corrected chi connectivity index (χ4v) is 1.11. The number of carboxylic acids is 1. The van der Waals surface area contributed by atoms with Gasteiger partial charge in [0.25, 0.3) is 0 Å². The van der Waals surface area contributed by atoms with Gasteiger partial charge < -0.3 is 20.5 Å². The molecule has 2 atom stereocenters. The minimum absolute atomic E-state index is 0.129. The Bertz CT molecular complexity index is 256. The molecule has 0 aliphatic rings. The van der Waals surface area contributed by atoms with E-state index in [0.717, 1.165) is 0 Å². The summed E-state index contributed by atoms with van der Waals surface area (Å²) < 4.78 is 5.25. The van der Waals surface area contributed by atoms with Gasteiger partial charge in [0.1, 0.15) is 6.04 Å². The molecule has 6 heteroatoms. The second kappa shape index (κ2) is 7.89. The standard InChI is InChI=1S/C11H22N2O4/c1-5-17-6-9(7(2)3)13-11(16)12-8(4)10(14)15/h7-9H,5-6H2,1-4H3,(H,14,15)(H2,12,13,16)/t8-,9?/m1/s1. The summed E-state index contributed by atoms with van der Waals surface area (Å²) in [5.74, 6) is -0.849. The summed E-state index contributed by atoms with van der Waals surface area (Å²) in [6.07, 6.45) is 0. The molecule has 0 rings (SSSR count). The highest BCUT2D eigenvalue weighted by atomic mass is 16.5. The molecule has 0 bridgehead atoms. The van der Waals surface area contributed by atoms with Gasteiger partial charge in [-0.2, -0.15) is 0 Å². The topological polar surface area (TPSA) is 87.7 Å². The Morgan fingerprint density at radius 1 is 1.24 bits per heavy atom. The third-order valence-corrected chi connectivity index (χ3v) is 2.34. The van der Waals surface area contributed by atoms with Crippen LogP contribution in [-0.2, 0) is 9.53 Å². The Hall–Kier alpha value is -1.30. The predicted octanol–water partition coefficient (Wildman–Crippen LogP) is 0.820. The number of ether oxygens (including phenoxy) is 1. The van der Waals surface area contributed by atoms with Crippen molar-refractivity contribution in [1.29, 1.82) is 0 Å². The Morgan fingerprint density at radius 2 is 1.82 bits per heavy atom. The first-order valence-corrected chi connectivity index (χ1v) is 5.76. The third-order valence-electron chi connectivity index (χ3n) is 2.34. The minimum Gasteiger partial charge on any atom is -0.480 e. The average Bonchev–Trinajstić information content (AvgIpc) is 2.23. The number of hydrogen-bond donors (Lipinski definition) is 3. The van der Waals surface area contributed by atoms with Crippen LogP contribution in [-0.4, -0.2) is 42.4 Å². The summed E-state index contributed by atoms with van der Waals surface area (Å²) in [7, 11) is 0. The molecular weight excluding hydrogens is 224 g/mol. The van der Waals surface area contributed by atoms with E-state index in [4.69, 9.17) is 9.84 Å². The lowest BCUT2D eigenvalue weighted by Gasteiger charge is -2.23. The molecule has 0 aromatic carbocycles. The van der Waals surface area contributed by atoms with Gasteiger partial charge in [-0.05, 0) is 19.8 Å². The molecule has 0 radical (unpaired) electrons. The number of aliphatic carboxylic acids is 1. The molecule has 0 saturated carbocycles. The number of amides is 2. The highest BCUT2D eigenvalue weighted by Crippen LogP contribution is 2.02. The molecular formula is C11H22N2O4. The highest BCUT2D eigenvalue weighted by Gasteiger charge is 2.19. The van der Waals surface area contributed by atoms with Gasteiger partial charge in [0.05, 0.1) is 12.6 Å². The maximum Gasteiger partial charge on any atom is 0.325 e. The van der Waals surface area contributed by atoms with E-state index < -0.39 is 18.0 Å². The number of urea groups is 1. The van der Waals surface area contributed by atoms with Gasteiger partial charge in [-0.15, -0.1) is 0 Å². The van der Waals surface area contributed by atoms with E-state index >= 15 is 0 Å². The number of rotatable bonds is 7. The van der Waals surface area contributed by atoms with Gasteiger partial charge >= 0.3 is 12.0 Å². The van der Waals surface area contributed by atoms with E-state index in [1.165, 1.54) is 6.92 Å². The monoisotopic (exact) mass is 246 g/mol. The Morgan fingerprint density at radius 3 is 2.24 bits per heavy atom. The number of nitrogens with one attached hydrogen (secondary N) is 2. The number of carbonyl (C=O) groups excluding carboxylic acids is 1. The van der Waals surface area contributed by atoms with Gasteiger partial charge in [0, 0.05) is 6.61 Å². The van der Waals surface area contributed by atoms with Crippen molar-refractivity contribution in [2.45, 2.75) is 39.8 Å². The van der Waals surface area contributed by atoms with Crippen molar-refractivity contribution in [2.75, 3.05) is 13.2 Å². The zero-order chi connectivity index (χ0) is 13.4. The van der Waals surface area contributed by atoms with Gasteiger partial charge in [0.2, 0.25) is 0 Å². The number of carbonyl (C=O) groups is 2. The Labute approximate surface area is 102 Å². The first-order chi connectivity index (χ1) is 7.88. The van der Waals surface area contributed by atoms with Crippen LogP contribution in [0.5, 0.6) is 0 Å². The molecule has 0 aromatic rings. The smallest absolute Gasteiger partial charge is 0.325 e. The molecule has 0 aliphatic carbocycles. The lowest BCUT2D eigenvalue weighted by atomic mass is 10.1. The van der Waals surface area contributed by atoms with Crippen LogP contribution < -0.4 is 10.6 Å². The maximum atomic E-state index is 11.5. The number of carboxylic acid groups (broad SMARTS) is 1. The van der Waals surface area contributed by atoms with Crippen LogP contribution in [0.25, 0.3) is 0 Å². The molecule has 0 heterocycles. The first kappa shape index (κ1) is 15.7. The number of hydrogen-bond acceptors (Lipinski definition) is 3. The van der Waals surface area contributed by atoms with Crippen LogP contribution in [0.1, 0.15) is 27.7 Å². The van der Waals surface area contributed by atoms with E-state index in [9.17, 15) is 9.59 Å². The second-order valence-corrected chi connectivity index (χ2v) is 4.19. The molecule has 17 heavy (non-hydrogen) atoms. The normalized spacial score (nSPS) is 14.2. The van der Waals surface area contributed by atoms with Crippen LogP contribution in [0.4, 0.5) is 4.79 Å². The lowest BCUT2D eigenvalue weighted by Crippen LogP contribution is -2.50. The zero-order valence-electron chi connectivity index (χ0n) is 10.8. The molecule has 0 fully saturated rings. The van der Waals surface area contributed by atoms with E-state index in [1.54, 1.807) is 0 Å². The van der Waals surface area contributed by atoms with Crippen molar-refractivity contribution in [3.63, 3.8) is 0 Å². The van der Waals surface area contributed by atoms with Gasteiger partial charge in [-0.1, -0.05) is 13.8 Å². The van der Waals surface area contributed by atoms with E-state index in [0.29, 0.717) is 13.2 Å². The van der Waals surface area contributed by atoms with Crippen LogP contribution in [0.3, 0.4) is 0 Å². The fraction of sp³-hybridized carbons (Fsp3) is 0.818. The Kier molecular flexibility index (Phi) is 7.29. The van der Waals surface area contributed by atoms with Crippen molar-refractivity contribution in [2.24, 2.45) is 5.92 Å². The summed E-state index contributed by atoms with van der Waals surface area (Å²) in [5.41, 5.74) is 0. The summed E-state index contributed by atoms with van der Waals surface area (Å²) in [5, 5.41) is 13.7. The largest absolute Gasteiger partial charge is 0.480 e. The van der Waals surface area contributed by atoms with E-state index in [-0.39, 0.29) is 12.0 Å². The van der Waals surface area contributed by atoms with E-state index in [2.05, 4.69) is 10.6 Å². The Balaban J connectivity index is 4.16. The van der Waals surface area contributed by atoms with Crippen LogP contribution in [0.15, 0.2) is 0 Å². The summed E-state index contributed by atoms with van der Waals surface area (Å²) in [6, 6.07) is -1.52. The van der Waals surface area contributed by atoms with Gasteiger partial charge in [-0.3, -0.25) is 4.79 Å². The molecule has 0 spiro atoms. The van der Waals surface area contributed by atoms with Crippen molar-refractivity contribution in [3.8, 4) is 0 Å². The van der Waals surface area contributed by atoms with Gasteiger partial charge in [0.15, 0.2) is 0 Å². The third kappa shape index (κ3) is 6.78. The van der Waals surface area contributed by atoms with E-state index in [1.807, 2.05) is 20.8 Å². The fourth-order valence-electron chi connectivity index (χ4n) is 1.11. The van der Waals surface area contributed by atoms with Crippen molar-refractivity contribution < 1.29 is 19.4 Å². The quantitative estimate of drug-likeness (QED) is 0.620. The summed E-state index contributed by atoms with van der Waals surface area (Å²) in [6.45, 7) is 8.22. The van der Waals surface area contributed by atoms with Crippen LogP contribution in [0, 0.1) is 5.92 Å². The summed E-state index contributed by atoms with van der Waals surface area (Å²) in [4.78, 5) is 22.1. The first-order valence-electron chi connectivity index (χ1n) is 5.76. The molecule has 6 nitrogen and oxygen atoms in total. The molecule has 3 N–H and O–H groups in total. The molecule has 100 valence electrons. The molecule has 0 aromatic heterocycles. The second-order valence-electron chi connectivity index (χ2n) is 4.19. The van der Waals surface area contributed by atoms with Crippen LogP contribution in [0.2, 0.25) is 0 Å². The molecule has 0 saturated heterocycles. The van der Waals surface area contributed by atoms with Crippen molar-refractivity contribution >= 4 is 12.0 Å². The molecule has 0 aliphatic heterocycles. The lowest BCUT2D eigenvalue weighted by molar-refractivity contribution is -0.138. The maximum absolute atomic E-state index is 11.5. The SMILES string of the molecule is CCOCC(NC(=O)N[C@H](C)C(=O)O)C(C)C. The van der Waals surface area contributed by atoms with Crippen molar-refractivity contribution in [3.05, 3.63) is 0 Å². The zero-order valence-corrected chi connectivity index (χ0v) is 10.8. The van der Waals surface area contributed by atoms with Crippen molar-refractivity contribution in [1.82, 2.24) is 10.6 Å². The molecule has 1 unspecified atom stereocenters. The average molecular weight is 246 g/mol. The highest BCUT2D eigenvalue weighted by molar-refractivity contribution is 5.82. The predicted molar refractivity (Wildman–Crippen MR) is 63.9 cm³/mol. The minimum atomic E-state index is -1.06. The molecule has 2 amide bonds. The van der Waals surface area contributed by atoms with Gasteiger partial charge in [-0.25, -0.2) is 4.79 Å². The summed E-state index contributed by atoms with van der Waals surface area (Å²) >= 11 is 0.